The fourth-order valence-corrected chi connectivity index (χ4v) is 5.63. The number of fused-ring (bicyclic) bond motifs is 3. The molecule has 3 aliphatic rings. The molecule has 0 radical (unpaired) electrons. The number of aromatic hydroxyl groups is 2. The maximum absolute atomic E-state index is 13.6. The van der Waals surface area contributed by atoms with E-state index >= 15 is 0 Å². The van der Waals surface area contributed by atoms with Crippen LogP contribution in [0.5, 0.6) is 17.2 Å². The Kier molecular flexibility index (Phi) is 6.32. The maximum atomic E-state index is 13.6. The summed E-state index contributed by atoms with van der Waals surface area (Å²) in [6.07, 6.45) is -4.55. The SMILES string of the molecule is COc1cccc2c1C(=O)c1c(O)c3c(c(O)c1C2=O)C[C@@](O)(C(C)=O)C[C@@H]3O[C@H]1CO[C@@H](C)[C@@H](O)[C@@H]1N. The summed E-state index contributed by atoms with van der Waals surface area (Å²) in [5, 5.41) is 44.4. The van der Waals surface area contributed by atoms with Crippen molar-refractivity contribution in [1.82, 2.24) is 0 Å². The van der Waals surface area contributed by atoms with E-state index in [0.29, 0.717) is 0 Å². The molecule has 2 aromatic rings. The summed E-state index contributed by atoms with van der Waals surface area (Å²) < 4.78 is 16.9. The summed E-state index contributed by atoms with van der Waals surface area (Å²) in [5.41, 5.74) is 3.08. The molecule has 0 amide bonds. The molecule has 0 unspecified atom stereocenters. The minimum atomic E-state index is -2.01. The van der Waals surface area contributed by atoms with Crippen molar-refractivity contribution in [2.75, 3.05) is 13.7 Å². The molecule has 11 nitrogen and oxygen atoms in total. The molecular formula is C27H29NO10. The molecule has 2 aliphatic carbocycles. The fourth-order valence-electron chi connectivity index (χ4n) is 5.63. The van der Waals surface area contributed by atoms with Gasteiger partial charge in [0.2, 0.25) is 5.78 Å². The van der Waals surface area contributed by atoms with Crippen molar-refractivity contribution in [1.29, 1.82) is 0 Å². The van der Waals surface area contributed by atoms with Gasteiger partial charge in [0.05, 0.1) is 60.9 Å². The van der Waals surface area contributed by atoms with Gasteiger partial charge in [-0.2, -0.15) is 0 Å². The number of hydrogen-bond acceptors (Lipinski definition) is 11. The zero-order valence-electron chi connectivity index (χ0n) is 21.1. The van der Waals surface area contributed by atoms with E-state index < -0.39 is 82.5 Å². The third kappa shape index (κ3) is 3.73. The van der Waals surface area contributed by atoms with E-state index in [4.69, 9.17) is 19.9 Å². The molecule has 2 aromatic carbocycles. The number of aliphatic hydroxyl groups excluding tert-OH is 1. The molecule has 38 heavy (non-hydrogen) atoms. The van der Waals surface area contributed by atoms with Crippen molar-refractivity contribution >= 4 is 17.3 Å². The summed E-state index contributed by atoms with van der Waals surface area (Å²) in [4.78, 5) is 39.6. The van der Waals surface area contributed by atoms with Crippen LogP contribution in [0.2, 0.25) is 0 Å². The first-order chi connectivity index (χ1) is 17.9. The van der Waals surface area contributed by atoms with Crippen LogP contribution in [-0.2, 0) is 20.7 Å². The van der Waals surface area contributed by atoms with Crippen molar-refractivity contribution in [3.63, 3.8) is 0 Å². The number of carbonyl (C=O) groups excluding carboxylic acids is 3. The lowest BCUT2D eigenvalue weighted by atomic mass is 9.72. The van der Waals surface area contributed by atoms with Crippen LogP contribution in [-0.4, -0.2) is 81.4 Å². The summed E-state index contributed by atoms with van der Waals surface area (Å²) in [5.74, 6) is -3.21. The Morgan fingerprint density at radius 1 is 1.13 bits per heavy atom. The zero-order chi connectivity index (χ0) is 27.7. The molecule has 1 saturated heterocycles. The highest BCUT2D eigenvalue weighted by atomic mass is 16.6. The number of rotatable bonds is 4. The number of aliphatic hydroxyl groups is 2. The van der Waals surface area contributed by atoms with Crippen LogP contribution in [0.4, 0.5) is 0 Å². The van der Waals surface area contributed by atoms with Gasteiger partial charge in [-0.1, -0.05) is 12.1 Å². The van der Waals surface area contributed by atoms with Gasteiger partial charge in [0, 0.05) is 29.5 Å². The topological polar surface area (TPSA) is 186 Å². The highest BCUT2D eigenvalue weighted by Crippen LogP contribution is 2.52. The van der Waals surface area contributed by atoms with E-state index in [0.717, 1.165) is 0 Å². The van der Waals surface area contributed by atoms with Crippen molar-refractivity contribution in [2.24, 2.45) is 5.73 Å². The molecule has 202 valence electrons. The van der Waals surface area contributed by atoms with Crippen LogP contribution < -0.4 is 10.5 Å². The van der Waals surface area contributed by atoms with Gasteiger partial charge in [0.25, 0.3) is 0 Å². The van der Waals surface area contributed by atoms with Crippen molar-refractivity contribution in [2.45, 2.75) is 62.7 Å². The number of phenolic OH excluding ortho intramolecular Hbond substituents is 2. The predicted octanol–water partition coefficient (Wildman–Crippen LogP) is 0.681. The molecule has 0 aromatic heterocycles. The Morgan fingerprint density at radius 2 is 1.82 bits per heavy atom. The van der Waals surface area contributed by atoms with Crippen LogP contribution >= 0.6 is 0 Å². The molecule has 0 saturated carbocycles. The van der Waals surface area contributed by atoms with Gasteiger partial charge in [-0.25, -0.2) is 0 Å². The maximum Gasteiger partial charge on any atom is 0.202 e. The highest BCUT2D eigenvalue weighted by Gasteiger charge is 2.49. The molecule has 6 N–H and O–H groups in total. The molecule has 6 atom stereocenters. The fraction of sp³-hybridized carbons (Fsp3) is 0.444. The third-order valence-electron chi connectivity index (χ3n) is 7.90. The lowest BCUT2D eigenvalue weighted by Gasteiger charge is -2.42. The number of nitrogens with two attached hydrogens (primary N) is 1. The lowest BCUT2D eigenvalue weighted by Crippen LogP contribution is -2.58. The van der Waals surface area contributed by atoms with Crippen LogP contribution in [0.1, 0.15) is 69.3 Å². The van der Waals surface area contributed by atoms with Crippen LogP contribution in [0.15, 0.2) is 18.2 Å². The minimum absolute atomic E-state index is 0.0182. The predicted molar refractivity (Wildman–Crippen MR) is 131 cm³/mol. The Balaban J connectivity index is 1.70. The van der Waals surface area contributed by atoms with Gasteiger partial charge >= 0.3 is 0 Å². The van der Waals surface area contributed by atoms with Crippen LogP contribution in [0.3, 0.4) is 0 Å². The van der Waals surface area contributed by atoms with Gasteiger partial charge in [0.15, 0.2) is 11.6 Å². The second-order valence-electron chi connectivity index (χ2n) is 10.1. The first-order valence-corrected chi connectivity index (χ1v) is 12.2. The first kappa shape index (κ1) is 26.3. The standard InChI is InChI=1S/C27H29NO10/c1-10-22(30)21(28)16(9-37-10)38-15-8-27(35,11(2)29)7-13-18(15)26(34)20-19(24(13)32)23(31)12-5-4-6-14(36-3)17(12)25(20)33/h4-6,10,15-16,21-22,30,32,34-35H,7-9,28H2,1-3H3/t10-,15-,16-,21+,22+,27-/m0/s1. The second-order valence-corrected chi connectivity index (χ2v) is 10.1. The molecular weight excluding hydrogens is 498 g/mol. The number of Topliss-reactive ketones (excluding diaryl/α,β-unsaturated/α-hetero) is 1. The number of carbonyl (C=O) groups is 3. The van der Waals surface area contributed by atoms with Crippen molar-refractivity contribution in [3.8, 4) is 17.2 Å². The molecule has 0 bridgehead atoms. The average molecular weight is 528 g/mol. The summed E-state index contributed by atoms with van der Waals surface area (Å²) in [7, 11) is 1.34. The van der Waals surface area contributed by atoms with Crippen LogP contribution in [0.25, 0.3) is 0 Å². The monoisotopic (exact) mass is 527 g/mol. The Labute approximate surface area is 217 Å². The largest absolute Gasteiger partial charge is 0.507 e. The Morgan fingerprint density at radius 3 is 2.47 bits per heavy atom. The average Bonchev–Trinajstić information content (AvgIpc) is 2.88. The number of benzene rings is 2. The quantitative estimate of drug-likeness (QED) is 0.300. The molecule has 0 spiro atoms. The van der Waals surface area contributed by atoms with Gasteiger partial charge in [-0.15, -0.1) is 0 Å². The molecule has 11 heteroatoms. The van der Waals surface area contributed by atoms with Gasteiger partial charge in [0.1, 0.15) is 22.8 Å². The summed E-state index contributed by atoms with van der Waals surface area (Å²) in [6.45, 7) is 2.80. The van der Waals surface area contributed by atoms with E-state index in [1.54, 1.807) is 6.92 Å². The normalized spacial score (nSPS) is 30.3. The molecule has 5 rings (SSSR count). The van der Waals surface area contributed by atoms with Gasteiger partial charge in [-0.3, -0.25) is 14.4 Å². The summed E-state index contributed by atoms with van der Waals surface area (Å²) >= 11 is 0. The lowest BCUT2D eigenvalue weighted by molar-refractivity contribution is -0.175. The molecule has 1 fully saturated rings. The van der Waals surface area contributed by atoms with Gasteiger partial charge in [-0.05, 0) is 19.9 Å². The van der Waals surface area contributed by atoms with Crippen LogP contribution in [0, 0.1) is 0 Å². The summed E-state index contributed by atoms with van der Waals surface area (Å²) in [6, 6.07) is 3.53. The zero-order valence-corrected chi connectivity index (χ0v) is 21.1. The molecule has 1 heterocycles. The Bertz CT molecular complexity index is 1370. The van der Waals surface area contributed by atoms with Gasteiger partial charge < -0.3 is 40.4 Å². The molecule has 1 aliphatic heterocycles. The van der Waals surface area contributed by atoms with E-state index in [1.807, 2.05) is 0 Å². The number of ether oxygens (including phenoxy) is 3. The third-order valence-corrected chi connectivity index (χ3v) is 7.90. The number of methoxy groups -OCH3 is 1. The Hall–Kier alpha value is -3.35. The minimum Gasteiger partial charge on any atom is -0.507 e. The van der Waals surface area contributed by atoms with E-state index in [2.05, 4.69) is 0 Å². The van der Waals surface area contributed by atoms with E-state index in [1.165, 1.54) is 32.2 Å². The highest BCUT2D eigenvalue weighted by molar-refractivity contribution is 6.31. The smallest absolute Gasteiger partial charge is 0.202 e. The second kappa shape index (κ2) is 9.14. The van der Waals surface area contributed by atoms with E-state index in [-0.39, 0.29) is 41.0 Å². The number of hydrogen-bond donors (Lipinski definition) is 5. The number of ketones is 3. The first-order valence-electron chi connectivity index (χ1n) is 12.2. The van der Waals surface area contributed by atoms with Crippen molar-refractivity contribution in [3.05, 3.63) is 51.6 Å². The van der Waals surface area contributed by atoms with E-state index in [9.17, 15) is 34.8 Å². The number of phenols is 2. The van der Waals surface area contributed by atoms with Crippen molar-refractivity contribution < 1.29 is 49.0 Å².